The molecule has 1 unspecified atom stereocenters. The van der Waals surface area contributed by atoms with Gasteiger partial charge < -0.3 is 5.32 Å². The zero-order valence-corrected chi connectivity index (χ0v) is 12.3. The van der Waals surface area contributed by atoms with E-state index >= 15 is 0 Å². The third kappa shape index (κ3) is 2.84. The number of hydrogen-bond acceptors (Lipinski definition) is 4. The highest BCUT2D eigenvalue weighted by molar-refractivity contribution is 5.82. The molecule has 1 fully saturated rings. The molecule has 0 amide bonds. The largest absolute Gasteiger partial charge is 0.367 e. The number of aromatic nitrogens is 1. The number of hydrogen-bond donors (Lipinski definition) is 1. The van der Waals surface area contributed by atoms with Crippen molar-refractivity contribution < 1.29 is 0 Å². The fourth-order valence-corrected chi connectivity index (χ4v) is 3.09. The van der Waals surface area contributed by atoms with Gasteiger partial charge in [0.25, 0.3) is 0 Å². The molecule has 0 aliphatic carbocycles. The van der Waals surface area contributed by atoms with E-state index in [0.29, 0.717) is 17.4 Å². The van der Waals surface area contributed by atoms with Crippen molar-refractivity contribution in [1.29, 1.82) is 5.26 Å². The van der Waals surface area contributed by atoms with Crippen molar-refractivity contribution in [3.05, 3.63) is 35.9 Å². The number of nitriles is 1. The van der Waals surface area contributed by atoms with Gasteiger partial charge in [-0.25, -0.2) is 4.98 Å². The van der Waals surface area contributed by atoms with Gasteiger partial charge in [0.2, 0.25) is 0 Å². The maximum atomic E-state index is 9.33. The van der Waals surface area contributed by atoms with Gasteiger partial charge >= 0.3 is 0 Å². The number of fused-ring (bicyclic) bond motifs is 1. The first kappa shape index (κ1) is 13.8. The zero-order valence-electron chi connectivity index (χ0n) is 12.3. The van der Waals surface area contributed by atoms with E-state index in [1.165, 1.54) is 19.4 Å². The molecule has 0 saturated carbocycles. The highest BCUT2D eigenvalue weighted by Gasteiger charge is 2.22. The Morgan fingerprint density at radius 3 is 3.10 bits per heavy atom. The summed E-state index contributed by atoms with van der Waals surface area (Å²) in [6.07, 6.45) is 2.48. The monoisotopic (exact) mass is 280 g/mol. The van der Waals surface area contributed by atoms with Crippen molar-refractivity contribution in [3.63, 3.8) is 0 Å². The Morgan fingerprint density at radius 1 is 1.43 bits per heavy atom. The van der Waals surface area contributed by atoms with Crippen molar-refractivity contribution in [1.82, 2.24) is 9.88 Å². The van der Waals surface area contributed by atoms with Crippen molar-refractivity contribution in [2.24, 2.45) is 0 Å². The smallest absolute Gasteiger partial charge is 0.144 e. The van der Waals surface area contributed by atoms with Crippen molar-refractivity contribution >= 4 is 16.7 Å². The molecule has 1 aromatic heterocycles. The first-order chi connectivity index (χ1) is 10.3. The molecule has 1 saturated heterocycles. The summed E-state index contributed by atoms with van der Waals surface area (Å²) in [4.78, 5) is 7.09. The highest BCUT2D eigenvalue weighted by Crippen LogP contribution is 2.21. The third-order valence-corrected chi connectivity index (χ3v) is 4.25. The second-order valence-electron chi connectivity index (χ2n) is 5.49. The van der Waals surface area contributed by atoms with Crippen LogP contribution in [0.25, 0.3) is 10.9 Å². The molecule has 3 rings (SSSR count). The second kappa shape index (κ2) is 6.11. The van der Waals surface area contributed by atoms with E-state index in [4.69, 9.17) is 0 Å². The Kier molecular flexibility index (Phi) is 4.03. The summed E-state index contributed by atoms with van der Waals surface area (Å²) in [5, 5.41) is 13.7. The average Bonchev–Trinajstić information content (AvgIpc) is 2.99. The van der Waals surface area contributed by atoms with Gasteiger partial charge in [0.05, 0.1) is 11.1 Å². The summed E-state index contributed by atoms with van der Waals surface area (Å²) in [6.45, 7) is 5.32. The lowest BCUT2D eigenvalue weighted by Crippen LogP contribution is -2.34. The topological polar surface area (TPSA) is 52.0 Å². The van der Waals surface area contributed by atoms with E-state index in [2.05, 4.69) is 28.2 Å². The van der Waals surface area contributed by atoms with Gasteiger partial charge in [0, 0.05) is 18.0 Å². The van der Waals surface area contributed by atoms with E-state index in [9.17, 15) is 5.26 Å². The summed E-state index contributed by atoms with van der Waals surface area (Å²) >= 11 is 0. The normalized spacial score (nSPS) is 18.8. The third-order valence-electron chi connectivity index (χ3n) is 4.25. The molecule has 0 radical (unpaired) electrons. The molecule has 2 heterocycles. The summed E-state index contributed by atoms with van der Waals surface area (Å²) in [5.41, 5.74) is 1.55. The van der Waals surface area contributed by atoms with Crippen molar-refractivity contribution in [3.8, 4) is 6.07 Å². The number of likely N-dealkylation sites (N-methyl/N-ethyl adjacent to an activating group) is 1. The van der Waals surface area contributed by atoms with Crippen LogP contribution in [0.2, 0.25) is 0 Å². The summed E-state index contributed by atoms with van der Waals surface area (Å²) < 4.78 is 0. The lowest BCUT2D eigenvalue weighted by Gasteiger charge is -2.23. The van der Waals surface area contributed by atoms with Gasteiger partial charge in [0.15, 0.2) is 0 Å². The fraction of sp³-hybridized carbons (Fsp3) is 0.412. The molecule has 1 N–H and O–H groups in total. The average molecular weight is 280 g/mol. The lowest BCUT2D eigenvalue weighted by molar-refractivity contribution is 0.277. The number of nitrogens with zero attached hydrogens (tertiary/aromatic N) is 3. The first-order valence-corrected chi connectivity index (χ1v) is 7.59. The fourth-order valence-electron chi connectivity index (χ4n) is 3.09. The quantitative estimate of drug-likeness (QED) is 0.935. The Bertz CT molecular complexity index is 674. The van der Waals surface area contributed by atoms with Gasteiger partial charge in [-0.05, 0) is 38.1 Å². The zero-order chi connectivity index (χ0) is 14.7. The molecule has 2 aromatic rings. The van der Waals surface area contributed by atoms with E-state index in [0.717, 1.165) is 24.0 Å². The highest BCUT2D eigenvalue weighted by atomic mass is 15.2. The lowest BCUT2D eigenvalue weighted by atomic mass is 10.1. The predicted molar refractivity (Wildman–Crippen MR) is 85.2 cm³/mol. The van der Waals surface area contributed by atoms with Crippen LogP contribution in [0.3, 0.4) is 0 Å². The van der Waals surface area contributed by atoms with Crippen molar-refractivity contribution in [2.75, 3.05) is 25.0 Å². The first-order valence-electron chi connectivity index (χ1n) is 7.59. The maximum Gasteiger partial charge on any atom is 0.144 e. The minimum atomic E-state index is 0.551. The van der Waals surface area contributed by atoms with Gasteiger partial charge in [0.1, 0.15) is 11.9 Å². The van der Waals surface area contributed by atoms with Crippen LogP contribution in [-0.4, -0.2) is 35.6 Å². The molecule has 1 aliphatic heterocycles. The number of para-hydroxylation sites is 1. The van der Waals surface area contributed by atoms with Crippen LogP contribution >= 0.6 is 0 Å². The van der Waals surface area contributed by atoms with E-state index in [1.54, 1.807) is 0 Å². The number of nitrogens with one attached hydrogen (secondary N) is 1. The summed E-state index contributed by atoms with van der Waals surface area (Å²) in [7, 11) is 0. The minimum absolute atomic E-state index is 0.551. The second-order valence-corrected chi connectivity index (χ2v) is 5.49. The molecule has 1 aliphatic rings. The van der Waals surface area contributed by atoms with Gasteiger partial charge in [-0.1, -0.05) is 25.1 Å². The number of likely N-dealkylation sites (tertiary alicyclic amines) is 1. The van der Waals surface area contributed by atoms with Crippen LogP contribution in [0.15, 0.2) is 30.3 Å². The molecule has 1 atom stereocenters. The summed E-state index contributed by atoms with van der Waals surface area (Å²) in [5.74, 6) is 0.708. The van der Waals surface area contributed by atoms with E-state index < -0.39 is 0 Å². The predicted octanol–water partition coefficient (Wildman–Crippen LogP) is 3.00. The maximum absolute atomic E-state index is 9.33. The Labute approximate surface area is 125 Å². The number of benzene rings is 1. The van der Waals surface area contributed by atoms with Crippen LogP contribution < -0.4 is 5.32 Å². The summed E-state index contributed by atoms with van der Waals surface area (Å²) in [6, 6.07) is 12.6. The number of anilines is 1. The molecular weight excluding hydrogens is 260 g/mol. The van der Waals surface area contributed by atoms with Gasteiger partial charge in [-0.3, -0.25) is 4.90 Å². The van der Waals surface area contributed by atoms with E-state index in [1.807, 2.05) is 30.3 Å². The van der Waals surface area contributed by atoms with Gasteiger partial charge in [-0.2, -0.15) is 5.26 Å². The van der Waals surface area contributed by atoms with Crippen LogP contribution in [-0.2, 0) is 0 Å². The Hall–Kier alpha value is -2.12. The molecule has 0 spiro atoms. The Balaban J connectivity index is 1.81. The number of pyridine rings is 1. The minimum Gasteiger partial charge on any atom is -0.367 e. The van der Waals surface area contributed by atoms with Crippen LogP contribution in [0.5, 0.6) is 0 Å². The standard InChI is InChI=1S/C17H20N4/c1-2-21-9-5-7-15(21)12-19-17-14(11-18)10-13-6-3-4-8-16(13)20-17/h3-4,6,8,10,15H,2,5,7,9,12H2,1H3,(H,19,20). The van der Waals surface area contributed by atoms with E-state index in [-0.39, 0.29) is 0 Å². The number of rotatable bonds is 4. The molecule has 4 heteroatoms. The molecule has 0 bridgehead atoms. The molecule has 1 aromatic carbocycles. The Morgan fingerprint density at radius 2 is 2.29 bits per heavy atom. The van der Waals surface area contributed by atoms with Gasteiger partial charge in [-0.15, -0.1) is 0 Å². The van der Waals surface area contributed by atoms with Crippen LogP contribution in [0.1, 0.15) is 25.3 Å². The van der Waals surface area contributed by atoms with Crippen molar-refractivity contribution in [2.45, 2.75) is 25.8 Å². The van der Waals surface area contributed by atoms with Crippen LogP contribution in [0.4, 0.5) is 5.82 Å². The molecular formula is C17H20N4. The molecule has 108 valence electrons. The molecule has 21 heavy (non-hydrogen) atoms. The SMILES string of the molecule is CCN1CCCC1CNc1nc2ccccc2cc1C#N. The van der Waals surface area contributed by atoms with Crippen LogP contribution in [0, 0.1) is 11.3 Å². The molecule has 4 nitrogen and oxygen atoms in total.